The van der Waals surface area contributed by atoms with Gasteiger partial charge in [0.1, 0.15) is 36.6 Å². The Hall–Kier alpha value is -4.28. The molecular weight excluding hydrogens is 1320 g/mol. The van der Waals surface area contributed by atoms with Crippen LogP contribution in [0.15, 0.2) is 0 Å². The Morgan fingerprint density at radius 1 is 0.337 bits per heavy atom. The zero-order valence-electron chi connectivity index (χ0n) is 69.9. The molecule has 22 fully saturated rings. The standard InChI is InChI=1S/2C10H14O2.C9H14O2.C8H10O2.3C7H10O2.C6H8O3.3C3H8.7C2H6/c11-10-8-2-6-1-7(3-8)5-9(4-6)12-10;11-9-10(3-4-12-9)6-7-1-2-8(10)5-7;10-8-9(6-7-11-8)4-2-1-3-5-9;9-8-6-2-5-1-4(6)3-7(5)10-8;8-7-5-1-3-6(9-7)4-2-5;8-7-6-3-1-2-5(6)4-9-7;8-7-4-5-2-1-3-6(5)9-7;7-6-3-5-4(9-6)1-2-8-5;3*1-3-2;7*1-2/h6-9H,1-5H2;7-8H,1-6H2;1-7H2;4-7H,1-3H2;3*5-6H,1-4H2;4-5H,1-3H2;3*3H2,1-2H3;7*1-2H3. The van der Waals surface area contributed by atoms with Crippen LogP contribution in [-0.2, 0) is 81.0 Å². The molecule has 12 saturated heterocycles. The van der Waals surface area contributed by atoms with E-state index in [2.05, 4.69) is 41.5 Å². The first-order valence-electron chi connectivity index (χ1n) is 43.6. The molecule has 17 heteroatoms. The first-order chi connectivity index (χ1) is 50.5. The molecule has 0 radical (unpaired) electrons. The van der Waals surface area contributed by atoms with Crippen LogP contribution in [0.3, 0.4) is 0 Å². The van der Waals surface area contributed by atoms with E-state index in [1.807, 2.05) is 96.9 Å². The minimum atomic E-state index is -0.107. The zero-order chi connectivity index (χ0) is 78.0. The van der Waals surface area contributed by atoms with Crippen molar-refractivity contribution in [3.8, 4) is 0 Å². The second-order valence-corrected chi connectivity index (χ2v) is 30.1. The van der Waals surface area contributed by atoms with Gasteiger partial charge in [-0.25, -0.2) is 0 Å². The number of esters is 8. The van der Waals surface area contributed by atoms with Gasteiger partial charge in [0.2, 0.25) is 0 Å². The fourth-order valence-electron chi connectivity index (χ4n) is 18.8. The van der Waals surface area contributed by atoms with Crippen molar-refractivity contribution in [2.75, 3.05) is 26.4 Å². The fourth-order valence-corrected chi connectivity index (χ4v) is 18.8. The summed E-state index contributed by atoms with van der Waals surface area (Å²) in [6.45, 7) is 43.5. The lowest BCUT2D eigenvalue weighted by Crippen LogP contribution is -2.39. The van der Waals surface area contributed by atoms with Gasteiger partial charge in [0, 0.05) is 18.3 Å². The van der Waals surface area contributed by atoms with Crippen molar-refractivity contribution in [1.82, 2.24) is 0 Å². The van der Waals surface area contributed by atoms with E-state index in [4.69, 9.17) is 42.6 Å². The maximum absolute atomic E-state index is 11.6. The molecule has 15 unspecified atom stereocenters. The summed E-state index contributed by atoms with van der Waals surface area (Å²) < 4.78 is 45.8. The number of ether oxygens (including phenoxy) is 9. The number of carbonyl (C=O) groups excluding carboxylic acids is 8. The minimum absolute atomic E-state index is 0.00289. The maximum atomic E-state index is 11.6. The largest absolute Gasteiger partial charge is 0.465 e. The third kappa shape index (κ3) is 28.0. The fraction of sp³-hybridized carbons (Fsp3) is 0.908. The van der Waals surface area contributed by atoms with E-state index >= 15 is 0 Å². The van der Waals surface area contributed by atoms with Crippen LogP contribution < -0.4 is 0 Å². The second kappa shape index (κ2) is 52.7. The number of cyclic esters (lactones) is 3. The van der Waals surface area contributed by atoms with Gasteiger partial charge < -0.3 is 42.6 Å². The van der Waals surface area contributed by atoms with Crippen LogP contribution in [0, 0.1) is 81.8 Å². The summed E-state index contributed by atoms with van der Waals surface area (Å²) in [6.07, 6.45) is 41.0. The lowest BCUT2D eigenvalue weighted by atomic mass is 9.68. The Morgan fingerprint density at radius 2 is 0.894 bits per heavy atom. The van der Waals surface area contributed by atoms with Crippen molar-refractivity contribution in [2.45, 2.75) is 400 Å². The number of hydrogen-bond acceptors (Lipinski definition) is 17. The summed E-state index contributed by atoms with van der Waals surface area (Å²) in [5.41, 5.74) is -0.0266. The highest BCUT2D eigenvalue weighted by molar-refractivity contribution is 5.80. The molecule has 22 aliphatic rings. The molecule has 22 rings (SSSR count). The van der Waals surface area contributed by atoms with E-state index in [0.717, 1.165) is 139 Å². The first kappa shape index (κ1) is 95.8. The van der Waals surface area contributed by atoms with Gasteiger partial charge in [0.25, 0.3) is 0 Å². The Bertz CT molecular complexity index is 2310. The van der Waals surface area contributed by atoms with Crippen LogP contribution in [0.1, 0.15) is 363 Å². The maximum Gasteiger partial charge on any atom is 0.312 e. The molecule has 2 spiro atoms. The van der Waals surface area contributed by atoms with Crippen LogP contribution in [0.25, 0.3) is 0 Å². The molecule has 12 aliphatic heterocycles. The van der Waals surface area contributed by atoms with Crippen molar-refractivity contribution in [3.05, 3.63) is 0 Å². The van der Waals surface area contributed by atoms with Gasteiger partial charge in [-0.05, 0) is 190 Å². The molecular formula is C87H156O17. The van der Waals surface area contributed by atoms with Crippen molar-refractivity contribution < 1.29 is 81.0 Å². The van der Waals surface area contributed by atoms with Crippen LogP contribution in [0.4, 0.5) is 0 Å². The number of fused-ring (bicyclic) bond motifs is 11. The van der Waals surface area contributed by atoms with E-state index in [0.29, 0.717) is 74.5 Å². The van der Waals surface area contributed by atoms with Crippen LogP contribution in [-0.4, -0.2) is 111 Å². The van der Waals surface area contributed by atoms with Gasteiger partial charge in [-0.2, -0.15) is 0 Å². The van der Waals surface area contributed by atoms with E-state index in [1.165, 1.54) is 103 Å². The van der Waals surface area contributed by atoms with Crippen LogP contribution >= 0.6 is 0 Å². The Balaban J connectivity index is 0.000000389. The summed E-state index contributed by atoms with van der Waals surface area (Å²) in [5, 5.41) is 0. The van der Waals surface area contributed by atoms with E-state index in [9.17, 15) is 38.4 Å². The van der Waals surface area contributed by atoms with Gasteiger partial charge >= 0.3 is 47.8 Å². The van der Waals surface area contributed by atoms with Crippen molar-refractivity contribution in [2.24, 2.45) is 81.8 Å². The van der Waals surface area contributed by atoms with Gasteiger partial charge in [-0.1, -0.05) is 190 Å². The van der Waals surface area contributed by atoms with Crippen LogP contribution in [0.5, 0.6) is 0 Å². The molecule has 104 heavy (non-hydrogen) atoms. The lowest BCUT2D eigenvalue weighted by molar-refractivity contribution is -0.170. The molecule has 0 amide bonds. The van der Waals surface area contributed by atoms with Crippen molar-refractivity contribution in [1.29, 1.82) is 0 Å². The molecule has 12 heterocycles. The predicted octanol–water partition coefficient (Wildman–Crippen LogP) is 21.0. The number of rotatable bonds is 0. The average Bonchev–Trinajstić information content (AvgIpc) is 1.60. The molecule has 0 aromatic rings. The summed E-state index contributed by atoms with van der Waals surface area (Å²) in [6, 6.07) is 0. The molecule has 12 bridgehead atoms. The monoisotopic (exact) mass is 1470 g/mol. The van der Waals surface area contributed by atoms with Gasteiger partial charge in [-0.3, -0.25) is 38.4 Å². The molecule has 10 saturated carbocycles. The van der Waals surface area contributed by atoms with E-state index < -0.39 is 0 Å². The Morgan fingerprint density at radius 3 is 1.36 bits per heavy atom. The van der Waals surface area contributed by atoms with E-state index in [1.54, 1.807) is 0 Å². The average molecular weight is 1470 g/mol. The molecule has 0 N–H and O–H groups in total. The lowest BCUT2D eigenvalue weighted by Gasteiger charge is -2.35. The third-order valence-corrected chi connectivity index (χ3v) is 23.1. The van der Waals surface area contributed by atoms with Gasteiger partial charge in [0.15, 0.2) is 0 Å². The minimum Gasteiger partial charge on any atom is -0.465 e. The second-order valence-electron chi connectivity index (χ2n) is 30.1. The first-order valence-corrected chi connectivity index (χ1v) is 43.6. The van der Waals surface area contributed by atoms with E-state index in [-0.39, 0.29) is 101 Å². The smallest absolute Gasteiger partial charge is 0.312 e. The molecule has 0 aromatic carbocycles. The predicted molar refractivity (Wildman–Crippen MR) is 414 cm³/mol. The number of hydrogen-bond donors (Lipinski definition) is 0. The third-order valence-electron chi connectivity index (χ3n) is 23.1. The normalized spacial score (nSPS) is 35.1. The number of carbonyl (C=O) groups is 8. The summed E-state index contributed by atoms with van der Waals surface area (Å²) in [7, 11) is 0. The van der Waals surface area contributed by atoms with Gasteiger partial charge in [0.05, 0.1) is 73.8 Å². The molecule has 17 nitrogen and oxygen atoms in total. The highest BCUT2D eigenvalue weighted by Gasteiger charge is 2.59. The van der Waals surface area contributed by atoms with Crippen molar-refractivity contribution >= 4 is 47.8 Å². The highest BCUT2D eigenvalue weighted by Crippen LogP contribution is 2.60. The summed E-state index contributed by atoms with van der Waals surface area (Å²) in [4.78, 5) is 88.3. The molecule has 606 valence electrons. The Labute approximate surface area is 633 Å². The quantitative estimate of drug-likeness (QED) is 0.163. The zero-order valence-corrected chi connectivity index (χ0v) is 69.9. The summed E-state index contributed by atoms with van der Waals surface area (Å²) >= 11 is 0. The highest BCUT2D eigenvalue weighted by atomic mass is 16.6. The summed E-state index contributed by atoms with van der Waals surface area (Å²) in [5.74, 6) is 7.27. The van der Waals surface area contributed by atoms with Gasteiger partial charge in [-0.15, -0.1) is 0 Å². The van der Waals surface area contributed by atoms with Crippen LogP contribution in [0.2, 0.25) is 0 Å². The molecule has 10 aliphatic carbocycles. The topological polar surface area (TPSA) is 220 Å². The SMILES string of the molecule is CC.CC.CC.CC.CC.CC.CC.CCC.CCC.CCC.O=C1CC2CCCC2O1.O=C1CC2OCCC2O1.O=C1OC2CC3CC(C2)CC1C3.O=C1OC2CC3CC2CC13.O=C1OC2CCC1CC2.O=C1OCC2CCCC12.O=C1OCCC12CC1CCC2C1.O=C1OCCC12CCCCC2. The molecule has 15 atom stereocenters. The Kier molecular flexibility index (Phi) is 48.6. The van der Waals surface area contributed by atoms with Crippen molar-refractivity contribution in [3.63, 3.8) is 0 Å². The molecule has 0 aromatic heterocycles.